The first-order valence-electron chi connectivity index (χ1n) is 6.55. The number of pyridine rings is 1. The fraction of sp³-hybridized carbons (Fsp3) is 0.0625. The van der Waals surface area contributed by atoms with Crippen molar-refractivity contribution < 1.29 is 4.73 Å². The zero-order valence-electron chi connectivity index (χ0n) is 11.6. The average molecular weight is 280 g/mol. The third kappa shape index (κ3) is 2.08. The molecule has 5 heteroatoms. The number of nitrogens with two attached hydrogens (primary N) is 3. The molecular weight excluding hydrogens is 264 g/mol. The highest BCUT2D eigenvalue weighted by molar-refractivity contribution is 5.85. The summed E-state index contributed by atoms with van der Waals surface area (Å²) >= 11 is 0. The Balaban J connectivity index is 2.38. The van der Waals surface area contributed by atoms with Crippen molar-refractivity contribution in [3.8, 4) is 11.3 Å². The van der Waals surface area contributed by atoms with Gasteiger partial charge in [0.05, 0.1) is 10.9 Å². The summed E-state index contributed by atoms with van der Waals surface area (Å²) in [6, 6.07) is 12.2. The predicted molar refractivity (Wildman–Crippen MR) is 86.3 cm³/mol. The second-order valence-electron chi connectivity index (χ2n) is 5.13. The van der Waals surface area contributed by atoms with E-state index in [1.54, 1.807) is 30.3 Å². The molecule has 0 aliphatic heterocycles. The van der Waals surface area contributed by atoms with Crippen molar-refractivity contribution in [2.24, 2.45) is 0 Å². The van der Waals surface area contributed by atoms with Crippen LogP contribution < -0.4 is 21.9 Å². The molecule has 1 heterocycles. The van der Waals surface area contributed by atoms with Crippen LogP contribution in [0.4, 0.5) is 17.1 Å². The molecule has 106 valence electrons. The number of aryl methyl sites for hydroxylation is 1. The summed E-state index contributed by atoms with van der Waals surface area (Å²) in [5.74, 6) is 0. The highest BCUT2D eigenvalue weighted by atomic mass is 16.5. The molecule has 0 saturated carbocycles. The minimum Gasteiger partial charge on any atom is -0.618 e. The zero-order valence-corrected chi connectivity index (χ0v) is 11.6. The van der Waals surface area contributed by atoms with E-state index in [2.05, 4.69) is 0 Å². The lowest BCUT2D eigenvalue weighted by Crippen LogP contribution is -2.31. The molecule has 3 aromatic rings. The molecule has 0 fully saturated rings. The monoisotopic (exact) mass is 280 g/mol. The van der Waals surface area contributed by atoms with Crippen LogP contribution in [0.2, 0.25) is 0 Å². The Bertz CT molecular complexity index is 859. The molecule has 0 spiro atoms. The minimum atomic E-state index is 0.468. The van der Waals surface area contributed by atoms with E-state index >= 15 is 0 Å². The fourth-order valence-corrected chi connectivity index (χ4v) is 2.50. The standard InChI is InChI=1S/C16H16N4O/c1-9-6-15(13-7-10(17)3-5-14(13)19)20(21)16-8-11(18)2-4-12(9)16/h2-8H,17-19H2,1H3. The van der Waals surface area contributed by atoms with E-state index in [1.165, 1.54) is 0 Å². The Kier molecular flexibility index (Phi) is 2.83. The van der Waals surface area contributed by atoms with E-state index in [0.29, 0.717) is 33.8 Å². The topological polar surface area (TPSA) is 105 Å². The van der Waals surface area contributed by atoms with Gasteiger partial charge in [-0.3, -0.25) is 0 Å². The Morgan fingerprint density at radius 2 is 1.57 bits per heavy atom. The number of rotatable bonds is 1. The Hall–Kier alpha value is -2.95. The summed E-state index contributed by atoms with van der Waals surface area (Å²) in [7, 11) is 0. The summed E-state index contributed by atoms with van der Waals surface area (Å²) in [4.78, 5) is 0. The smallest absolute Gasteiger partial charge is 0.226 e. The fourth-order valence-electron chi connectivity index (χ4n) is 2.50. The van der Waals surface area contributed by atoms with E-state index in [-0.39, 0.29) is 0 Å². The molecule has 0 aliphatic carbocycles. The minimum absolute atomic E-state index is 0.468. The van der Waals surface area contributed by atoms with Crippen LogP contribution in [0.3, 0.4) is 0 Å². The highest BCUT2D eigenvalue weighted by Gasteiger charge is 2.18. The van der Waals surface area contributed by atoms with Crippen LogP contribution in [0.25, 0.3) is 22.2 Å². The first-order valence-corrected chi connectivity index (χ1v) is 6.55. The Morgan fingerprint density at radius 1 is 0.905 bits per heavy atom. The van der Waals surface area contributed by atoms with Crippen molar-refractivity contribution in [1.29, 1.82) is 0 Å². The number of fused-ring (bicyclic) bond motifs is 1. The molecule has 0 aliphatic rings. The summed E-state index contributed by atoms with van der Waals surface area (Å²) in [5.41, 5.74) is 21.8. The van der Waals surface area contributed by atoms with Crippen molar-refractivity contribution in [3.05, 3.63) is 53.2 Å². The molecule has 21 heavy (non-hydrogen) atoms. The van der Waals surface area contributed by atoms with Gasteiger partial charge in [-0.05, 0) is 42.8 Å². The van der Waals surface area contributed by atoms with Gasteiger partial charge < -0.3 is 22.4 Å². The van der Waals surface area contributed by atoms with Crippen molar-refractivity contribution in [3.63, 3.8) is 0 Å². The van der Waals surface area contributed by atoms with Crippen LogP contribution >= 0.6 is 0 Å². The molecule has 1 aromatic heterocycles. The van der Waals surface area contributed by atoms with Gasteiger partial charge in [0.25, 0.3) is 0 Å². The summed E-state index contributed by atoms with van der Waals surface area (Å²) < 4.78 is 0.851. The Labute approximate surface area is 122 Å². The summed E-state index contributed by atoms with van der Waals surface area (Å²) in [6.07, 6.45) is 0. The largest absolute Gasteiger partial charge is 0.618 e. The lowest BCUT2D eigenvalue weighted by atomic mass is 10.0. The number of nitrogens with zero attached hydrogens (tertiary/aromatic N) is 1. The molecule has 0 atom stereocenters. The third-order valence-corrected chi connectivity index (χ3v) is 3.59. The van der Waals surface area contributed by atoms with Gasteiger partial charge in [-0.1, -0.05) is 0 Å². The maximum Gasteiger partial charge on any atom is 0.226 e. The number of hydrogen-bond donors (Lipinski definition) is 3. The molecule has 0 amide bonds. The first-order chi connectivity index (χ1) is 9.97. The van der Waals surface area contributed by atoms with Crippen LogP contribution in [0.15, 0.2) is 42.5 Å². The van der Waals surface area contributed by atoms with Crippen molar-refractivity contribution in [1.82, 2.24) is 0 Å². The van der Waals surface area contributed by atoms with E-state index in [1.807, 2.05) is 19.1 Å². The maximum atomic E-state index is 12.7. The Morgan fingerprint density at radius 3 is 2.33 bits per heavy atom. The van der Waals surface area contributed by atoms with Crippen molar-refractivity contribution >= 4 is 28.0 Å². The number of benzene rings is 2. The zero-order chi connectivity index (χ0) is 15.1. The second-order valence-corrected chi connectivity index (χ2v) is 5.13. The van der Waals surface area contributed by atoms with Gasteiger partial charge in [-0.25, -0.2) is 0 Å². The van der Waals surface area contributed by atoms with Gasteiger partial charge in [0.1, 0.15) is 0 Å². The molecular formula is C16H16N4O. The van der Waals surface area contributed by atoms with Crippen LogP contribution in [-0.4, -0.2) is 0 Å². The van der Waals surface area contributed by atoms with Gasteiger partial charge >= 0.3 is 0 Å². The van der Waals surface area contributed by atoms with Gasteiger partial charge in [0.2, 0.25) is 11.2 Å². The number of aromatic nitrogens is 1. The molecule has 0 unspecified atom stereocenters. The molecule has 6 N–H and O–H groups in total. The average Bonchev–Trinajstić information content (AvgIpc) is 2.45. The molecule has 3 rings (SSSR count). The summed E-state index contributed by atoms with van der Waals surface area (Å²) in [5, 5.41) is 13.5. The van der Waals surface area contributed by atoms with Gasteiger partial charge in [0, 0.05) is 29.2 Å². The molecule has 5 nitrogen and oxygen atoms in total. The lowest BCUT2D eigenvalue weighted by molar-refractivity contribution is -0.565. The normalized spacial score (nSPS) is 10.9. The van der Waals surface area contributed by atoms with Crippen LogP contribution in [0, 0.1) is 12.1 Å². The first kappa shape index (κ1) is 13.1. The SMILES string of the molecule is Cc1cc(-c2cc(N)ccc2N)[n+]([O-])c2cc(N)ccc12. The van der Waals surface area contributed by atoms with Crippen molar-refractivity contribution in [2.75, 3.05) is 17.2 Å². The third-order valence-electron chi connectivity index (χ3n) is 3.59. The van der Waals surface area contributed by atoms with Gasteiger partial charge in [0.15, 0.2) is 0 Å². The van der Waals surface area contributed by atoms with E-state index in [9.17, 15) is 5.21 Å². The number of nitrogen functional groups attached to an aromatic ring is 3. The molecule has 0 radical (unpaired) electrons. The lowest BCUT2D eigenvalue weighted by Gasteiger charge is -2.12. The number of hydrogen-bond acceptors (Lipinski definition) is 4. The predicted octanol–water partition coefficient (Wildman–Crippen LogP) is 2.20. The second kappa shape index (κ2) is 4.56. The van der Waals surface area contributed by atoms with E-state index in [0.717, 1.165) is 15.7 Å². The molecule has 0 saturated heterocycles. The van der Waals surface area contributed by atoms with Gasteiger partial charge in [-0.15, -0.1) is 0 Å². The van der Waals surface area contributed by atoms with Crippen LogP contribution in [-0.2, 0) is 0 Å². The van der Waals surface area contributed by atoms with Crippen LogP contribution in [0.5, 0.6) is 0 Å². The highest BCUT2D eigenvalue weighted by Crippen LogP contribution is 2.29. The van der Waals surface area contributed by atoms with Crippen molar-refractivity contribution in [2.45, 2.75) is 6.92 Å². The molecule has 0 bridgehead atoms. The molecule has 2 aromatic carbocycles. The summed E-state index contributed by atoms with van der Waals surface area (Å²) in [6.45, 7) is 1.95. The van der Waals surface area contributed by atoms with E-state index in [4.69, 9.17) is 17.2 Å². The van der Waals surface area contributed by atoms with E-state index < -0.39 is 0 Å². The van der Waals surface area contributed by atoms with Gasteiger partial charge in [-0.2, -0.15) is 4.73 Å². The van der Waals surface area contributed by atoms with Crippen LogP contribution in [0.1, 0.15) is 5.56 Å². The maximum absolute atomic E-state index is 12.7. The number of anilines is 3. The quantitative estimate of drug-likeness (QED) is 0.361.